The van der Waals surface area contributed by atoms with Gasteiger partial charge in [-0.05, 0) is 150 Å². The van der Waals surface area contributed by atoms with Crippen molar-refractivity contribution in [3.8, 4) is 11.1 Å². The normalized spacial score (nSPS) is 16.7. The van der Waals surface area contributed by atoms with Crippen molar-refractivity contribution >= 4 is 64.4 Å². The summed E-state index contributed by atoms with van der Waals surface area (Å²) < 4.78 is 20.9. The van der Waals surface area contributed by atoms with Gasteiger partial charge in [-0.2, -0.15) is 0 Å². The van der Waals surface area contributed by atoms with Gasteiger partial charge < -0.3 is 38.3 Å². The number of fused-ring (bicyclic) bond motifs is 2. The lowest BCUT2D eigenvalue weighted by Gasteiger charge is -2.40. The third-order valence-corrected chi connectivity index (χ3v) is 19.2. The molecule has 77 heavy (non-hydrogen) atoms. The highest BCUT2D eigenvalue weighted by molar-refractivity contribution is 7.67. The van der Waals surface area contributed by atoms with Crippen molar-refractivity contribution < 1.29 is 27.9 Å². The van der Waals surface area contributed by atoms with E-state index in [0.29, 0.717) is 21.4 Å². The molecule has 2 aliphatic heterocycles. The summed E-state index contributed by atoms with van der Waals surface area (Å²) >= 11 is 5.97. The Morgan fingerprint density at radius 3 is 1.60 bits per heavy atom. The second-order valence-corrected chi connectivity index (χ2v) is 24.4. The van der Waals surface area contributed by atoms with Gasteiger partial charge in [-0.3, -0.25) is 9.59 Å². The number of anilines is 1. The fourth-order valence-electron chi connectivity index (χ4n) is 11.4. The molecule has 2 aromatic heterocycles. The second kappa shape index (κ2) is 28.5. The molecule has 2 saturated heterocycles. The Kier molecular flexibility index (Phi) is 21.9. The highest BCUT2D eigenvalue weighted by atomic mass is 35.5. The topological polar surface area (TPSA) is 135 Å². The quantitative estimate of drug-likeness (QED) is 0.109. The smallest absolute Gasteiger partial charge is 0.374 e. The number of carbonyl (C=O) groups is 2. The van der Waals surface area contributed by atoms with Crippen LogP contribution in [0, 0.1) is 34.6 Å². The van der Waals surface area contributed by atoms with Crippen LogP contribution in [0.2, 0.25) is 5.02 Å². The van der Waals surface area contributed by atoms with Crippen molar-refractivity contribution in [2.24, 2.45) is 0 Å². The van der Waals surface area contributed by atoms with Gasteiger partial charge in [0.15, 0.2) is 22.0 Å². The summed E-state index contributed by atoms with van der Waals surface area (Å²) in [6.07, 6.45) is 14.7. The molecule has 4 heterocycles. The number of esters is 2. The first-order valence-electron chi connectivity index (χ1n) is 28.0. The van der Waals surface area contributed by atoms with Gasteiger partial charge in [0.1, 0.15) is 0 Å². The van der Waals surface area contributed by atoms with Crippen LogP contribution < -0.4 is 26.4 Å². The van der Waals surface area contributed by atoms with E-state index in [9.17, 15) is 19.2 Å². The molecular formula is C63H82ClN4O8P. The summed E-state index contributed by atoms with van der Waals surface area (Å²) in [6, 6.07) is 23.9. The van der Waals surface area contributed by atoms with E-state index in [1.807, 2.05) is 19.1 Å². The molecule has 0 radical (unpaired) electrons. The van der Waals surface area contributed by atoms with Crippen molar-refractivity contribution in [3.63, 3.8) is 0 Å². The molecule has 2 aliphatic carbocycles. The monoisotopic (exact) mass is 1090 g/mol. The molecule has 2 saturated carbocycles. The number of rotatable bonds is 9. The SMILES string of the molecule is CCOC(=O)c1cc(=O)c2c(C)ccc(Cl)c2o1.CCOC(=O)c1cc(=O)c2c(C)ccc(N3CCN(C)CC3)c2o1.CN1CCNCC1.Cc1cc(C)c(-c2ccccc2P(C2CCCCC2)C2CCCCC2)c(C)c1. The molecule has 4 aromatic carbocycles. The molecule has 12 nitrogen and oxygen atoms in total. The van der Waals surface area contributed by atoms with E-state index in [1.165, 1.54) is 106 Å². The lowest BCUT2D eigenvalue weighted by atomic mass is 9.94. The van der Waals surface area contributed by atoms with Crippen LogP contribution in [-0.4, -0.2) is 113 Å². The lowest BCUT2D eigenvalue weighted by Crippen LogP contribution is -2.44. The Balaban J connectivity index is 0.000000160. The minimum Gasteiger partial charge on any atom is -0.460 e. The molecule has 1 N–H and O–H groups in total. The Morgan fingerprint density at radius 2 is 1.09 bits per heavy atom. The number of likely N-dealkylation sites (N-methyl/N-ethyl adjacent to an activating group) is 2. The van der Waals surface area contributed by atoms with E-state index in [0.717, 1.165) is 73.5 Å². The van der Waals surface area contributed by atoms with Crippen LogP contribution in [0.5, 0.6) is 0 Å². The molecule has 0 atom stereocenters. The van der Waals surface area contributed by atoms with E-state index < -0.39 is 11.9 Å². The summed E-state index contributed by atoms with van der Waals surface area (Å²) in [4.78, 5) is 54.8. The van der Waals surface area contributed by atoms with Crippen LogP contribution in [0.1, 0.15) is 127 Å². The summed E-state index contributed by atoms with van der Waals surface area (Å²) in [5.74, 6) is -1.46. The maximum absolute atomic E-state index is 12.5. The second-order valence-electron chi connectivity index (χ2n) is 21.2. The van der Waals surface area contributed by atoms with Gasteiger partial charge in [0.25, 0.3) is 0 Å². The Morgan fingerprint density at radius 1 is 0.610 bits per heavy atom. The molecule has 414 valence electrons. The summed E-state index contributed by atoms with van der Waals surface area (Å²) in [5.41, 5.74) is 11.9. The number of halogens is 1. The van der Waals surface area contributed by atoms with Crippen LogP contribution in [0.25, 0.3) is 33.1 Å². The zero-order chi connectivity index (χ0) is 55.2. The first-order valence-corrected chi connectivity index (χ1v) is 29.9. The van der Waals surface area contributed by atoms with E-state index in [4.69, 9.17) is 29.9 Å². The average molecular weight is 1090 g/mol. The van der Waals surface area contributed by atoms with E-state index >= 15 is 0 Å². The Hall–Kier alpha value is -5.36. The third kappa shape index (κ3) is 15.3. The van der Waals surface area contributed by atoms with Crippen molar-refractivity contribution in [1.29, 1.82) is 0 Å². The minimum atomic E-state index is -0.672. The number of benzene rings is 4. The van der Waals surface area contributed by atoms with Gasteiger partial charge in [-0.1, -0.05) is 112 Å². The fourth-order valence-corrected chi connectivity index (χ4v) is 15.6. The molecule has 14 heteroatoms. The summed E-state index contributed by atoms with van der Waals surface area (Å²) in [6.45, 7) is 22.7. The molecule has 0 spiro atoms. The fraction of sp³-hybridized carbons (Fsp3) is 0.492. The van der Waals surface area contributed by atoms with Gasteiger partial charge in [-0.15, -0.1) is 0 Å². The minimum absolute atomic E-state index is 0.0460. The lowest BCUT2D eigenvalue weighted by molar-refractivity contribution is 0.0482. The maximum atomic E-state index is 12.5. The van der Waals surface area contributed by atoms with Gasteiger partial charge >= 0.3 is 11.9 Å². The first kappa shape index (κ1) is 59.3. The highest BCUT2D eigenvalue weighted by Crippen LogP contribution is 2.56. The molecule has 0 amide bonds. The number of piperazine rings is 2. The van der Waals surface area contributed by atoms with Gasteiger partial charge in [0.05, 0.1) is 34.7 Å². The number of nitrogens with zero attached hydrogens (tertiary/aromatic N) is 3. The van der Waals surface area contributed by atoms with Crippen LogP contribution >= 0.6 is 19.5 Å². The third-order valence-electron chi connectivity index (χ3n) is 15.3. The molecule has 6 aromatic rings. The molecular weight excluding hydrogens is 1010 g/mol. The number of nitrogens with one attached hydrogen (secondary N) is 1. The predicted molar refractivity (Wildman–Crippen MR) is 318 cm³/mol. The van der Waals surface area contributed by atoms with Crippen LogP contribution in [0.4, 0.5) is 5.69 Å². The number of hydrogen-bond donors (Lipinski definition) is 1. The molecule has 4 fully saturated rings. The van der Waals surface area contributed by atoms with Crippen molar-refractivity contribution in [1.82, 2.24) is 15.1 Å². The highest BCUT2D eigenvalue weighted by Gasteiger charge is 2.34. The van der Waals surface area contributed by atoms with Gasteiger partial charge in [0, 0.05) is 64.5 Å². The van der Waals surface area contributed by atoms with Crippen molar-refractivity contribution in [3.05, 3.63) is 138 Å². The summed E-state index contributed by atoms with van der Waals surface area (Å²) in [7, 11) is 4.17. The standard InChI is InChI=1S/C27H37P.C18H22N2O4.C13H11ClO4.C5H12N2/c1-20-18-21(2)27(22(3)19-20)25-16-10-11-17-26(25)28(23-12-6-4-7-13-23)24-14-8-5-9-15-24;1-4-23-18(22)15-11-14(21)16-12(2)5-6-13(17(16)24-15)20-9-7-19(3)8-10-20;1-3-17-13(16)10-6-9(15)11-7(2)4-5-8(14)12(11)18-10;1-7-4-2-6-3-5-7/h10-11,16-19,23-24H,4-9,12-15H2,1-3H3;5-6,11H,4,7-10H2,1-3H3;4-6H,3H2,1-2H3;6H,2-5H2,1H3. The molecule has 0 bridgehead atoms. The number of hydrogen-bond acceptors (Lipinski definition) is 12. The maximum Gasteiger partial charge on any atom is 0.374 e. The molecule has 10 rings (SSSR count). The van der Waals surface area contributed by atoms with Gasteiger partial charge in [0.2, 0.25) is 11.5 Å². The molecule has 0 unspecified atom stereocenters. The van der Waals surface area contributed by atoms with Crippen LogP contribution in [-0.2, 0) is 9.47 Å². The van der Waals surface area contributed by atoms with E-state index in [1.54, 1.807) is 43.8 Å². The zero-order valence-corrected chi connectivity index (χ0v) is 48.8. The summed E-state index contributed by atoms with van der Waals surface area (Å²) in [5, 5.41) is 6.20. The van der Waals surface area contributed by atoms with Gasteiger partial charge in [-0.25, -0.2) is 9.59 Å². The van der Waals surface area contributed by atoms with Crippen molar-refractivity contribution in [2.75, 3.05) is 84.6 Å². The van der Waals surface area contributed by atoms with E-state index in [2.05, 4.69) is 91.3 Å². The Labute approximate surface area is 462 Å². The van der Waals surface area contributed by atoms with E-state index in [-0.39, 0.29) is 49.1 Å². The number of ether oxygens (including phenoxy) is 2. The van der Waals surface area contributed by atoms with Crippen molar-refractivity contribution in [2.45, 2.75) is 124 Å². The average Bonchev–Trinajstić information content (AvgIpc) is 3.46. The first-order chi connectivity index (χ1) is 37.1. The zero-order valence-electron chi connectivity index (χ0n) is 47.2. The van der Waals surface area contributed by atoms with Crippen LogP contribution in [0.15, 0.2) is 91.2 Å². The Bertz CT molecular complexity index is 3030. The van der Waals surface area contributed by atoms with Crippen LogP contribution in [0.3, 0.4) is 0 Å². The predicted octanol–water partition coefficient (Wildman–Crippen LogP) is 12.5. The number of carbonyl (C=O) groups excluding carboxylic acids is 2. The largest absolute Gasteiger partial charge is 0.460 e. The molecule has 4 aliphatic rings. The number of aryl methyl sites for hydroxylation is 5.